The molecule has 152 valence electrons. The second-order valence-electron chi connectivity index (χ2n) is 7.38. The summed E-state index contributed by atoms with van der Waals surface area (Å²) in [6.45, 7) is 0. The average molecular weight is 579 g/mol. The molecule has 0 aliphatic rings. The number of hydrogen-bond acceptors (Lipinski definition) is 0. The molecule has 0 bridgehead atoms. The molecule has 0 unspecified atom stereocenters. The zero-order valence-electron chi connectivity index (χ0n) is 16.8. The summed E-state index contributed by atoms with van der Waals surface area (Å²) in [7, 11) is 0. The van der Waals surface area contributed by atoms with Gasteiger partial charge in [-0.15, -0.1) is 0 Å². The number of rotatable bonds is 10. The number of halogens is 2. The average Bonchev–Trinajstić information content (AvgIpc) is 2.80. The fraction of sp³-hybridized carbons (Fsp3) is 0.231. The molecule has 29 heavy (non-hydrogen) atoms. The molecule has 3 heteroatoms. The Balaban J connectivity index is 2.08. The van der Waals surface area contributed by atoms with Gasteiger partial charge in [0.05, 0.1) is 0 Å². The standard InChI is InChI=1S/C26H29BrIP/c27-29(24-16-8-5-9-17-24,25-18-10-6-11-19-25,26-20-12-7-13-21-26)23-15-4-2-1-3-14-22-28/h4-13,15-21H,1-3,14,22-23H2. The molecule has 0 amide bonds. The van der Waals surface area contributed by atoms with Crippen molar-refractivity contribution in [3.8, 4) is 0 Å². The first kappa shape index (κ1) is 22.7. The van der Waals surface area contributed by atoms with Crippen molar-refractivity contribution in [2.24, 2.45) is 0 Å². The van der Waals surface area contributed by atoms with Crippen LogP contribution in [-0.2, 0) is 0 Å². The van der Waals surface area contributed by atoms with Crippen LogP contribution in [0, 0.1) is 0 Å². The quantitative estimate of drug-likeness (QED) is 0.0774. The molecule has 0 aliphatic carbocycles. The molecule has 0 atom stereocenters. The molecule has 0 spiro atoms. The van der Waals surface area contributed by atoms with E-state index in [0.29, 0.717) is 0 Å². The summed E-state index contributed by atoms with van der Waals surface area (Å²) in [5, 5.41) is 1.35. The molecule has 0 fully saturated rings. The van der Waals surface area contributed by atoms with Crippen molar-refractivity contribution in [1.29, 1.82) is 0 Å². The second kappa shape index (κ2) is 10.9. The maximum absolute atomic E-state index is 4.49. The Morgan fingerprint density at radius 3 is 1.48 bits per heavy atom. The van der Waals surface area contributed by atoms with Crippen molar-refractivity contribution in [2.45, 2.75) is 25.7 Å². The monoisotopic (exact) mass is 578 g/mol. The molecule has 3 aromatic rings. The Morgan fingerprint density at radius 2 is 1.07 bits per heavy atom. The molecule has 0 radical (unpaired) electrons. The van der Waals surface area contributed by atoms with Crippen LogP contribution in [0.5, 0.6) is 0 Å². The summed E-state index contributed by atoms with van der Waals surface area (Å²) in [6.07, 6.45) is 10.9. The van der Waals surface area contributed by atoms with E-state index in [-0.39, 0.29) is 0 Å². The van der Waals surface area contributed by atoms with Gasteiger partial charge in [-0.2, -0.15) is 0 Å². The minimum absolute atomic E-state index is 0.982. The Kier molecular flexibility index (Phi) is 8.53. The van der Waals surface area contributed by atoms with Crippen molar-refractivity contribution in [1.82, 2.24) is 0 Å². The molecule has 0 aliphatic heterocycles. The van der Waals surface area contributed by atoms with Crippen molar-refractivity contribution >= 4 is 59.3 Å². The van der Waals surface area contributed by atoms with E-state index in [0.717, 1.165) is 12.6 Å². The summed E-state index contributed by atoms with van der Waals surface area (Å²) < 4.78 is 1.26. The third-order valence-corrected chi connectivity index (χ3v) is 15.8. The van der Waals surface area contributed by atoms with Crippen LogP contribution < -0.4 is 15.9 Å². The second-order valence-corrected chi connectivity index (χ2v) is 17.4. The normalized spacial score (nSPS) is 13.2. The first-order chi connectivity index (χ1) is 14.2. The predicted octanol–water partition coefficient (Wildman–Crippen LogP) is 7.38. The van der Waals surface area contributed by atoms with Gasteiger partial charge in [-0.05, 0) is 0 Å². The van der Waals surface area contributed by atoms with Crippen LogP contribution in [0.25, 0.3) is 0 Å². The van der Waals surface area contributed by atoms with Crippen LogP contribution in [0.3, 0.4) is 0 Å². The topological polar surface area (TPSA) is 0 Å². The third kappa shape index (κ3) is 5.03. The number of alkyl halides is 1. The fourth-order valence-electron chi connectivity index (χ4n) is 3.90. The summed E-state index contributed by atoms with van der Waals surface area (Å²) in [5.74, 6) is 0. The van der Waals surface area contributed by atoms with E-state index in [4.69, 9.17) is 0 Å². The molecule has 0 N–H and O–H groups in total. The Morgan fingerprint density at radius 1 is 0.621 bits per heavy atom. The minimum atomic E-state index is -2.79. The van der Waals surface area contributed by atoms with Crippen LogP contribution in [0.4, 0.5) is 0 Å². The molecule has 0 aromatic heterocycles. The molecule has 0 nitrogen and oxygen atoms in total. The molecule has 0 saturated heterocycles. The molecule has 3 aromatic carbocycles. The van der Waals surface area contributed by atoms with Crippen LogP contribution in [0.2, 0.25) is 0 Å². The van der Waals surface area contributed by atoms with E-state index in [1.54, 1.807) is 0 Å². The third-order valence-electron chi connectivity index (χ3n) is 5.50. The molecular formula is C26H29BrIP. The first-order valence-electron chi connectivity index (χ1n) is 10.3. The van der Waals surface area contributed by atoms with Crippen molar-refractivity contribution in [2.75, 3.05) is 10.6 Å². The molecule has 0 saturated carbocycles. The van der Waals surface area contributed by atoms with E-state index < -0.39 is 5.31 Å². The van der Waals surface area contributed by atoms with E-state index >= 15 is 0 Å². The van der Waals surface area contributed by atoms with E-state index in [1.165, 1.54) is 39.6 Å². The molecule has 0 heterocycles. The van der Waals surface area contributed by atoms with Gasteiger partial charge in [0, 0.05) is 0 Å². The van der Waals surface area contributed by atoms with E-state index in [1.807, 2.05) is 0 Å². The van der Waals surface area contributed by atoms with Crippen LogP contribution in [-0.4, -0.2) is 10.6 Å². The number of unbranched alkanes of at least 4 members (excludes halogenated alkanes) is 3. The van der Waals surface area contributed by atoms with Gasteiger partial charge in [0.2, 0.25) is 0 Å². The zero-order chi connectivity index (χ0) is 20.4. The predicted molar refractivity (Wildman–Crippen MR) is 145 cm³/mol. The van der Waals surface area contributed by atoms with Gasteiger partial charge in [-0.1, -0.05) is 0 Å². The van der Waals surface area contributed by atoms with Crippen LogP contribution in [0.15, 0.2) is 103 Å². The van der Waals surface area contributed by atoms with E-state index in [9.17, 15) is 0 Å². The van der Waals surface area contributed by atoms with Crippen LogP contribution in [0.1, 0.15) is 25.7 Å². The van der Waals surface area contributed by atoms with E-state index in [2.05, 4.69) is 141 Å². The Bertz CT molecular complexity index is 794. The summed E-state index contributed by atoms with van der Waals surface area (Å²) in [4.78, 5) is 0. The summed E-state index contributed by atoms with van der Waals surface area (Å²) in [5.41, 5.74) is 0. The number of allylic oxidation sites excluding steroid dienone is 2. The van der Waals surface area contributed by atoms with Crippen molar-refractivity contribution in [3.63, 3.8) is 0 Å². The Labute approximate surface area is 197 Å². The number of hydrogen-bond donors (Lipinski definition) is 0. The van der Waals surface area contributed by atoms with Gasteiger partial charge in [0.25, 0.3) is 0 Å². The SMILES string of the molecule is BrP(CC=CCCCCCI)(c1ccccc1)(c1ccccc1)c1ccccc1. The first-order valence-corrected chi connectivity index (χ1v) is 16.3. The van der Waals surface area contributed by atoms with Gasteiger partial charge >= 0.3 is 199 Å². The summed E-state index contributed by atoms with van der Waals surface area (Å²) >= 11 is 6.96. The fourth-order valence-corrected chi connectivity index (χ4v) is 11.5. The molecule has 3 rings (SSSR count). The van der Waals surface area contributed by atoms with Crippen molar-refractivity contribution in [3.05, 3.63) is 103 Å². The van der Waals surface area contributed by atoms with Gasteiger partial charge in [0.1, 0.15) is 0 Å². The van der Waals surface area contributed by atoms with Gasteiger partial charge in [-0.25, -0.2) is 0 Å². The zero-order valence-corrected chi connectivity index (χ0v) is 21.4. The van der Waals surface area contributed by atoms with Gasteiger partial charge in [0.15, 0.2) is 0 Å². The van der Waals surface area contributed by atoms with Crippen LogP contribution >= 0.6 is 43.4 Å². The molecular weight excluding hydrogens is 550 g/mol. The summed E-state index contributed by atoms with van der Waals surface area (Å²) in [6, 6.07) is 33.1. The van der Waals surface area contributed by atoms with Crippen molar-refractivity contribution < 1.29 is 0 Å². The van der Waals surface area contributed by atoms with Gasteiger partial charge in [-0.3, -0.25) is 0 Å². The number of benzene rings is 3. The van der Waals surface area contributed by atoms with Gasteiger partial charge < -0.3 is 0 Å². The Hall–Kier alpha value is -0.960. The maximum atomic E-state index is 4.49.